The van der Waals surface area contributed by atoms with Gasteiger partial charge >= 0.3 is 0 Å². The van der Waals surface area contributed by atoms with E-state index in [9.17, 15) is 18.4 Å². The fourth-order valence-electron chi connectivity index (χ4n) is 3.46. The molecule has 148 valence electrons. The molecule has 0 aliphatic carbocycles. The number of piperazine rings is 1. The van der Waals surface area contributed by atoms with Gasteiger partial charge in [-0.3, -0.25) is 9.59 Å². The van der Waals surface area contributed by atoms with Crippen LogP contribution in [0.2, 0.25) is 0 Å². The number of halogens is 2. The van der Waals surface area contributed by atoms with Crippen molar-refractivity contribution in [2.45, 2.75) is 19.8 Å². The molecule has 0 saturated carbocycles. The smallest absolute Gasteiger partial charge is 0.227 e. The van der Waals surface area contributed by atoms with Gasteiger partial charge in [-0.25, -0.2) is 8.78 Å². The van der Waals surface area contributed by atoms with E-state index in [1.807, 2.05) is 0 Å². The normalized spacial score (nSPS) is 15.4. The van der Waals surface area contributed by atoms with E-state index in [-0.39, 0.29) is 35.8 Å². The van der Waals surface area contributed by atoms with Gasteiger partial charge in [0.15, 0.2) is 0 Å². The number of carbonyl (C=O) groups excluding carboxylic acids is 2. The van der Waals surface area contributed by atoms with Gasteiger partial charge in [-0.15, -0.1) is 0 Å². The lowest BCUT2D eigenvalue weighted by atomic mass is 9.99. The Bertz CT molecular complexity index is 831. The summed E-state index contributed by atoms with van der Waals surface area (Å²) in [6, 6.07) is 12.4. The summed E-state index contributed by atoms with van der Waals surface area (Å²) in [5.41, 5.74) is 1.31. The second-order valence-corrected chi connectivity index (χ2v) is 7.21. The highest BCUT2D eigenvalue weighted by molar-refractivity contribution is 5.81. The summed E-state index contributed by atoms with van der Waals surface area (Å²) in [5, 5.41) is 0. The van der Waals surface area contributed by atoms with E-state index in [2.05, 4.69) is 0 Å². The quantitative estimate of drug-likeness (QED) is 0.793. The minimum absolute atomic E-state index is 0.0195. The Kier molecular flexibility index (Phi) is 6.39. The van der Waals surface area contributed by atoms with Crippen LogP contribution in [0.5, 0.6) is 0 Å². The van der Waals surface area contributed by atoms with E-state index in [1.165, 1.54) is 18.2 Å². The van der Waals surface area contributed by atoms with Crippen LogP contribution in [0.15, 0.2) is 48.5 Å². The van der Waals surface area contributed by atoms with E-state index >= 15 is 0 Å². The molecule has 28 heavy (non-hydrogen) atoms. The Hall–Kier alpha value is -2.76. The van der Waals surface area contributed by atoms with Crippen LogP contribution in [-0.2, 0) is 22.4 Å². The van der Waals surface area contributed by atoms with Crippen LogP contribution >= 0.6 is 0 Å². The van der Waals surface area contributed by atoms with Gasteiger partial charge in [-0.05, 0) is 35.7 Å². The van der Waals surface area contributed by atoms with Crippen molar-refractivity contribution in [3.8, 4) is 0 Å². The third-order valence-electron chi connectivity index (χ3n) is 5.12. The molecule has 2 amide bonds. The molecule has 0 bridgehead atoms. The van der Waals surface area contributed by atoms with Gasteiger partial charge in [0.05, 0.1) is 6.42 Å². The number of hydrogen-bond acceptors (Lipinski definition) is 2. The standard InChI is InChI=1S/C22H24F2N2O2/c1-16(14-18-4-2-3-5-20(18)24)22(28)26-12-10-25(11-13-26)21(27)15-17-6-8-19(23)9-7-17/h2-9,16H,10-15H2,1H3. The van der Waals surface area contributed by atoms with Crippen molar-refractivity contribution in [3.63, 3.8) is 0 Å². The van der Waals surface area contributed by atoms with Crippen molar-refractivity contribution in [3.05, 3.63) is 71.3 Å². The molecular formula is C22H24F2N2O2. The van der Waals surface area contributed by atoms with Crippen LogP contribution in [0.25, 0.3) is 0 Å². The van der Waals surface area contributed by atoms with Crippen LogP contribution in [0.1, 0.15) is 18.1 Å². The molecule has 0 spiro atoms. The van der Waals surface area contributed by atoms with Gasteiger partial charge in [-0.1, -0.05) is 37.3 Å². The average Bonchev–Trinajstić information content (AvgIpc) is 2.71. The van der Waals surface area contributed by atoms with Crippen molar-refractivity contribution >= 4 is 11.8 Å². The molecule has 1 saturated heterocycles. The van der Waals surface area contributed by atoms with Crippen LogP contribution in [0, 0.1) is 17.6 Å². The molecule has 2 aromatic carbocycles. The predicted octanol–water partition coefficient (Wildman–Crippen LogP) is 3.06. The molecule has 6 heteroatoms. The Morgan fingerprint density at radius 1 is 0.929 bits per heavy atom. The van der Waals surface area contributed by atoms with Crippen LogP contribution < -0.4 is 0 Å². The first-order valence-electron chi connectivity index (χ1n) is 9.48. The summed E-state index contributed by atoms with van der Waals surface area (Å²) in [4.78, 5) is 28.6. The van der Waals surface area contributed by atoms with Crippen molar-refractivity contribution in [1.29, 1.82) is 0 Å². The number of amides is 2. The molecule has 0 N–H and O–H groups in total. The third kappa shape index (κ3) is 4.94. The topological polar surface area (TPSA) is 40.6 Å². The fourth-order valence-corrected chi connectivity index (χ4v) is 3.46. The van der Waals surface area contributed by atoms with Gasteiger partial charge in [0, 0.05) is 32.1 Å². The van der Waals surface area contributed by atoms with E-state index in [0.29, 0.717) is 38.2 Å². The number of carbonyl (C=O) groups is 2. The molecule has 1 atom stereocenters. The van der Waals surface area contributed by atoms with Crippen LogP contribution in [0.4, 0.5) is 8.78 Å². The first-order valence-corrected chi connectivity index (χ1v) is 9.48. The minimum Gasteiger partial charge on any atom is -0.339 e. The van der Waals surface area contributed by atoms with E-state index in [4.69, 9.17) is 0 Å². The molecule has 1 fully saturated rings. The molecule has 0 radical (unpaired) electrons. The van der Waals surface area contributed by atoms with E-state index in [0.717, 1.165) is 5.56 Å². The first-order chi connectivity index (χ1) is 13.4. The lowest BCUT2D eigenvalue weighted by Crippen LogP contribution is -2.52. The Labute approximate surface area is 163 Å². The molecule has 1 aliphatic heterocycles. The van der Waals surface area contributed by atoms with Gasteiger partial charge in [-0.2, -0.15) is 0 Å². The third-order valence-corrected chi connectivity index (χ3v) is 5.12. The Balaban J connectivity index is 1.50. The molecule has 1 heterocycles. The number of nitrogens with zero attached hydrogens (tertiary/aromatic N) is 2. The zero-order chi connectivity index (χ0) is 20.1. The molecule has 4 nitrogen and oxygen atoms in total. The number of hydrogen-bond donors (Lipinski definition) is 0. The van der Waals surface area contributed by atoms with Crippen molar-refractivity contribution in [1.82, 2.24) is 9.80 Å². The Morgan fingerprint density at radius 3 is 2.18 bits per heavy atom. The highest BCUT2D eigenvalue weighted by atomic mass is 19.1. The maximum atomic E-state index is 13.8. The lowest BCUT2D eigenvalue weighted by molar-refractivity contribution is -0.141. The van der Waals surface area contributed by atoms with Gasteiger partial charge in [0.25, 0.3) is 0 Å². The predicted molar refractivity (Wildman–Crippen MR) is 103 cm³/mol. The Morgan fingerprint density at radius 2 is 1.54 bits per heavy atom. The van der Waals surface area contributed by atoms with E-state index < -0.39 is 0 Å². The zero-order valence-electron chi connectivity index (χ0n) is 15.9. The van der Waals surface area contributed by atoms with Gasteiger partial charge in [0.1, 0.15) is 11.6 Å². The maximum Gasteiger partial charge on any atom is 0.227 e. The van der Waals surface area contributed by atoms with E-state index in [1.54, 1.807) is 47.1 Å². The summed E-state index contributed by atoms with van der Waals surface area (Å²) in [7, 11) is 0. The maximum absolute atomic E-state index is 13.8. The summed E-state index contributed by atoms with van der Waals surface area (Å²) in [5.74, 6) is -0.989. The molecular weight excluding hydrogens is 362 g/mol. The lowest BCUT2D eigenvalue weighted by Gasteiger charge is -2.36. The molecule has 1 unspecified atom stereocenters. The molecule has 0 aromatic heterocycles. The molecule has 2 aromatic rings. The molecule has 1 aliphatic rings. The van der Waals surface area contributed by atoms with Gasteiger partial charge in [0.2, 0.25) is 11.8 Å². The largest absolute Gasteiger partial charge is 0.339 e. The highest BCUT2D eigenvalue weighted by Crippen LogP contribution is 2.16. The van der Waals surface area contributed by atoms with Gasteiger partial charge < -0.3 is 9.80 Å². The number of benzene rings is 2. The van der Waals surface area contributed by atoms with Crippen molar-refractivity contribution < 1.29 is 18.4 Å². The first kappa shape index (κ1) is 20.0. The summed E-state index contributed by atoms with van der Waals surface area (Å²) in [6.45, 7) is 3.68. The van der Waals surface area contributed by atoms with Crippen LogP contribution in [-0.4, -0.2) is 47.8 Å². The van der Waals surface area contributed by atoms with Crippen molar-refractivity contribution in [2.24, 2.45) is 5.92 Å². The zero-order valence-corrected chi connectivity index (χ0v) is 15.9. The molecule has 3 rings (SSSR count). The van der Waals surface area contributed by atoms with Crippen molar-refractivity contribution in [2.75, 3.05) is 26.2 Å². The summed E-state index contributed by atoms with van der Waals surface area (Å²) >= 11 is 0. The van der Waals surface area contributed by atoms with Crippen LogP contribution in [0.3, 0.4) is 0 Å². The average molecular weight is 386 g/mol. The second-order valence-electron chi connectivity index (χ2n) is 7.21. The number of rotatable bonds is 5. The second kappa shape index (κ2) is 8.95. The highest BCUT2D eigenvalue weighted by Gasteiger charge is 2.27. The minimum atomic E-state index is -0.326. The monoisotopic (exact) mass is 386 g/mol. The fraction of sp³-hybridized carbons (Fsp3) is 0.364. The summed E-state index contributed by atoms with van der Waals surface area (Å²) in [6.07, 6.45) is 0.577. The SMILES string of the molecule is CC(Cc1ccccc1F)C(=O)N1CCN(C(=O)Cc2ccc(F)cc2)CC1. The summed E-state index contributed by atoms with van der Waals surface area (Å²) < 4.78 is 26.8.